The van der Waals surface area contributed by atoms with Gasteiger partial charge in [0.05, 0.1) is 7.11 Å². The van der Waals surface area contributed by atoms with Crippen LogP contribution in [0.15, 0.2) is 72.8 Å². The van der Waals surface area contributed by atoms with Crippen LogP contribution in [0.1, 0.15) is 28.4 Å². The first-order chi connectivity index (χ1) is 13.2. The molecule has 27 heavy (non-hydrogen) atoms. The van der Waals surface area contributed by atoms with Gasteiger partial charge in [-0.1, -0.05) is 43.3 Å². The molecule has 4 nitrogen and oxygen atoms in total. The Balaban J connectivity index is 1.68. The number of aryl methyl sites for hydroxylation is 1. The molecule has 0 aromatic heterocycles. The van der Waals surface area contributed by atoms with E-state index in [1.165, 1.54) is 5.56 Å². The third-order valence-corrected chi connectivity index (χ3v) is 4.40. The van der Waals surface area contributed by atoms with E-state index in [2.05, 4.69) is 29.7 Å². The van der Waals surface area contributed by atoms with Crippen LogP contribution in [0.4, 0.5) is 11.4 Å². The van der Waals surface area contributed by atoms with Gasteiger partial charge in [-0.05, 0) is 47.9 Å². The highest BCUT2D eigenvalue weighted by atomic mass is 16.5. The summed E-state index contributed by atoms with van der Waals surface area (Å²) < 4.78 is 5.19. The lowest BCUT2D eigenvalue weighted by Gasteiger charge is -2.12. The molecule has 1 amide bonds. The minimum atomic E-state index is -0.140. The van der Waals surface area contributed by atoms with Crippen LogP contribution < -0.4 is 15.4 Å². The molecule has 4 heteroatoms. The summed E-state index contributed by atoms with van der Waals surface area (Å²) in [6.07, 6.45) is 0.978. The molecule has 3 aromatic rings. The zero-order valence-electron chi connectivity index (χ0n) is 15.7. The van der Waals surface area contributed by atoms with Crippen molar-refractivity contribution in [1.82, 2.24) is 0 Å². The maximum absolute atomic E-state index is 12.6. The van der Waals surface area contributed by atoms with E-state index in [0.717, 1.165) is 17.7 Å². The highest BCUT2D eigenvalue weighted by Crippen LogP contribution is 2.19. The lowest BCUT2D eigenvalue weighted by molar-refractivity contribution is 0.102. The summed E-state index contributed by atoms with van der Waals surface area (Å²) in [5.74, 6) is 0.569. The molecule has 0 fully saturated rings. The number of nitrogens with one attached hydrogen (secondary N) is 2. The molecule has 0 atom stereocenters. The molecule has 3 rings (SSSR count). The first kappa shape index (κ1) is 18.5. The van der Waals surface area contributed by atoms with E-state index in [9.17, 15) is 4.79 Å². The number of anilines is 2. The number of hydrogen-bond donors (Lipinski definition) is 2. The Labute approximate surface area is 160 Å². The molecule has 0 aliphatic heterocycles. The van der Waals surface area contributed by atoms with Gasteiger partial charge >= 0.3 is 0 Å². The van der Waals surface area contributed by atoms with E-state index in [0.29, 0.717) is 23.5 Å². The number of ether oxygens (including phenoxy) is 1. The minimum Gasteiger partial charge on any atom is -0.497 e. The summed E-state index contributed by atoms with van der Waals surface area (Å²) in [4.78, 5) is 12.6. The quantitative estimate of drug-likeness (QED) is 0.615. The molecule has 138 valence electrons. The predicted octanol–water partition coefficient (Wildman–Crippen LogP) is 5.12. The van der Waals surface area contributed by atoms with Crippen molar-refractivity contribution in [1.29, 1.82) is 0 Å². The third kappa shape index (κ3) is 4.88. The first-order valence-corrected chi connectivity index (χ1v) is 9.05. The van der Waals surface area contributed by atoms with Crippen molar-refractivity contribution in [3.8, 4) is 5.75 Å². The van der Waals surface area contributed by atoms with Gasteiger partial charge in [0.25, 0.3) is 5.91 Å². The van der Waals surface area contributed by atoms with E-state index in [-0.39, 0.29) is 5.91 Å². The molecule has 2 N–H and O–H groups in total. The van der Waals surface area contributed by atoms with E-state index >= 15 is 0 Å². The topological polar surface area (TPSA) is 50.4 Å². The summed E-state index contributed by atoms with van der Waals surface area (Å²) in [7, 11) is 1.61. The highest BCUT2D eigenvalue weighted by molar-refractivity contribution is 6.04. The highest BCUT2D eigenvalue weighted by Gasteiger charge is 2.08. The molecular formula is C23H24N2O2. The van der Waals surface area contributed by atoms with Gasteiger partial charge in [0, 0.05) is 29.5 Å². The van der Waals surface area contributed by atoms with Crippen molar-refractivity contribution in [3.63, 3.8) is 0 Å². The van der Waals surface area contributed by atoms with Gasteiger partial charge in [-0.15, -0.1) is 0 Å². The van der Waals surface area contributed by atoms with E-state index in [4.69, 9.17) is 4.74 Å². The molecular weight excluding hydrogens is 336 g/mol. The van der Waals surface area contributed by atoms with Gasteiger partial charge in [0.2, 0.25) is 0 Å². The number of rotatable bonds is 7. The molecule has 0 heterocycles. The monoisotopic (exact) mass is 360 g/mol. The van der Waals surface area contributed by atoms with Crippen LogP contribution in [0.3, 0.4) is 0 Å². The first-order valence-electron chi connectivity index (χ1n) is 9.05. The second kappa shape index (κ2) is 8.90. The van der Waals surface area contributed by atoms with E-state index < -0.39 is 0 Å². The van der Waals surface area contributed by atoms with Gasteiger partial charge < -0.3 is 15.4 Å². The average molecular weight is 360 g/mol. The van der Waals surface area contributed by atoms with Crippen molar-refractivity contribution < 1.29 is 9.53 Å². The third-order valence-electron chi connectivity index (χ3n) is 4.40. The SMILES string of the molecule is CCc1ccccc1NCc1cccc(C(=O)Nc2cccc(OC)c2)c1. The Hall–Kier alpha value is -3.27. The second-order valence-electron chi connectivity index (χ2n) is 6.25. The Morgan fingerprint density at radius 1 is 0.963 bits per heavy atom. The Kier molecular flexibility index (Phi) is 6.10. The van der Waals surface area contributed by atoms with Gasteiger partial charge in [0.15, 0.2) is 0 Å². The molecule has 0 aliphatic rings. The molecule has 0 saturated carbocycles. The molecule has 0 saturated heterocycles. The average Bonchev–Trinajstić information content (AvgIpc) is 2.72. The fourth-order valence-corrected chi connectivity index (χ4v) is 2.92. The van der Waals surface area contributed by atoms with Gasteiger partial charge in [0.1, 0.15) is 5.75 Å². The smallest absolute Gasteiger partial charge is 0.255 e. The molecule has 0 spiro atoms. The maximum atomic E-state index is 12.6. The van der Waals surface area contributed by atoms with Crippen molar-refractivity contribution >= 4 is 17.3 Å². The fraction of sp³-hybridized carbons (Fsp3) is 0.174. The minimum absolute atomic E-state index is 0.140. The number of carbonyl (C=O) groups is 1. The summed E-state index contributed by atoms with van der Waals surface area (Å²) in [5, 5.41) is 6.38. The molecule has 3 aromatic carbocycles. The lowest BCUT2D eigenvalue weighted by atomic mass is 10.1. The summed E-state index contributed by atoms with van der Waals surface area (Å²) in [6.45, 7) is 2.81. The molecule has 0 radical (unpaired) electrons. The van der Waals surface area contributed by atoms with Crippen LogP contribution in [0, 0.1) is 0 Å². The number of para-hydroxylation sites is 1. The number of benzene rings is 3. The van der Waals surface area contributed by atoms with Crippen LogP contribution >= 0.6 is 0 Å². The summed E-state index contributed by atoms with van der Waals surface area (Å²) >= 11 is 0. The number of carbonyl (C=O) groups excluding carboxylic acids is 1. The van der Waals surface area contributed by atoms with Crippen molar-refractivity contribution in [2.24, 2.45) is 0 Å². The number of amides is 1. The second-order valence-corrected chi connectivity index (χ2v) is 6.25. The fourth-order valence-electron chi connectivity index (χ4n) is 2.92. The van der Waals surface area contributed by atoms with Gasteiger partial charge in [-0.2, -0.15) is 0 Å². The molecule has 0 bridgehead atoms. The zero-order chi connectivity index (χ0) is 19.1. The van der Waals surface area contributed by atoms with Crippen LogP contribution in [0.2, 0.25) is 0 Å². The van der Waals surface area contributed by atoms with Crippen molar-refractivity contribution in [2.75, 3.05) is 17.7 Å². The van der Waals surface area contributed by atoms with Crippen molar-refractivity contribution in [2.45, 2.75) is 19.9 Å². The maximum Gasteiger partial charge on any atom is 0.255 e. The normalized spacial score (nSPS) is 10.3. The van der Waals surface area contributed by atoms with Crippen LogP contribution in [-0.2, 0) is 13.0 Å². The molecule has 0 aliphatic carbocycles. The zero-order valence-corrected chi connectivity index (χ0v) is 15.7. The van der Waals surface area contributed by atoms with Crippen LogP contribution in [0.5, 0.6) is 5.75 Å². The Morgan fingerprint density at radius 2 is 1.78 bits per heavy atom. The van der Waals surface area contributed by atoms with Crippen molar-refractivity contribution in [3.05, 3.63) is 89.5 Å². The van der Waals surface area contributed by atoms with Crippen LogP contribution in [0.25, 0.3) is 0 Å². The number of methoxy groups -OCH3 is 1. The Bertz CT molecular complexity index is 922. The van der Waals surface area contributed by atoms with E-state index in [1.54, 1.807) is 13.2 Å². The summed E-state index contributed by atoms with van der Waals surface area (Å²) in [6, 6.07) is 23.3. The van der Waals surface area contributed by atoms with Gasteiger partial charge in [-0.3, -0.25) is 4.79 Å². The largest absolute Gasteiger partial charge is 0.497 e. The standard InChI is InChI=1S/C23H24N2O2/c1-3-18-9-4-5-13-22(18)24-16-17-8-6-10-19(14-17)23(26)25-20-11-7-12-21(15-20)27-2/h4-15,24H,3,16H2,1-2H3,(H,25,26). The predicted molar refractivity (Wildman–Crippen MR) is 111 cm³/mol. The Morgan fingerprint density at radius 3 is 2.59 bits per heavy atom. The molecule has 0 unspecified atom stereocenters. The number of hydrogen-bond acceptors (Lipinski definition) is 3. The van der Waals surface area contributed by atoms with Gasteiger partial charge in [-0.25, -0.2) is 0 Å². The van der Waals surface area contributed by atoms with E-state index in [1.807, 2.05) is 54.6 Å². The lowest BCUT2D eigenvalue weighted by Crippen LogP contribution is -2.12. The summed E-state index contributed by atoms with van der Waals surface area (Å²) in [5.41, 5.74) is 4.80. The van der Waals surface area contributed by atoms with Crippen LogP contribution in [-0.4, -0.2) is 13.0 Å².